The zero-order valence-corrected chi connectivity index (χ0v) is 7.69. The van der Waals surface area contributed by atoms with Crippen LogP contribution in [0.3, 0.4) is 0 Å². The maximum absolute atomic E-state index is 11.2. The Hall–Kier alpha value is -0.640. The van der Waals surface area contributed by atoms with E-state index in [2.05, 4.69) is 8.75 Å². The van der Waals surface area contributed by atoms with Crippen molar-refractivity contribution in [2.45, 2.75) is 38.0 Å². The lowest BCUT2D eigenvalue weighted by atomic mass is 9.87. The van der Waals surface area contributed by atoms with Crippen molar-refractivity contribution in [2.24, 2.45) is 0 Å². The summed E-state index contributed by atoms with van der Waals surface area (Å²) in [6.45, 7) is 0. The molecule has 12 heavy (non-hydrogen) atoms. The van der Waals surface area contributed by atoms with Gasteiger partial charge in [0.25, 0.3) is 5.56 Å². The van der Waals surface area contributed by atoms with Gasteiger partial charge >= 0.3 is 0 Å². The van der Waals surface area contributed by atoms with Gasteiger partial charge in [0, 0.05) is 17.6 Å². The summed E-state index contributed by atoms with van der Waals surface area (Å²) in [5.74, 6) is 0.439. The number of aromatic amines is 1. The first-order valence-electron chi connectivity index (χ1n) is 4.42. The van der Waals surface area contributed by atoms with Crippen molar-refractivity contribution in [3.8, 4) is 0 Å². The van der Waals surface area contributed by atoms with Gasteiger partial charge in [0.15, 0.2) is 0 Å². The van der Waals surface area contributed by atoms with Gasteiger partial charge in [-0.3, -0.25) is 9.17 Å². The van der Waals surface area contributed by atoms with Crippen LogP contribution in [0, 0.1) is 0 Å². The van der Waals surface area contributed by atoms with Crippen molar-refractivity contribution >= 4 is 11.7 Å². The van der Waals surface area contributed by atoms with Gasteiger partial charge in [0.1, 0.15) is 5.69 Å². The van der Waals surface area contributed by atoms with Crippen LogP contribution in [0.1, 0.15) is 43.7 Å². The van der Waals surface area contributed by atoms with Crippen molar-refractivity contribution in [3.05, 3.63) is 16.0 Å². The van der Waals surface area contributed by atoms with Gasteiger partial charge in [-0.25, -0.2) is 0 Å². The summed E-state index contributed by atoms with van der Waals surface area (Å²) in [6.07, 6.45) is 6.11. The second-order valence-corrected chi connectivity index (χ2v) is 3.90. The predicted molar refractivity (Wildman–Crippen MR) is 48.6 cm³/mol. The monoisotopic (exact) mass is 184 g/mol. The zero-order chi connectivity index (χ0) is 8.39. The summed E-state index contributed by atoms with van der Waals surface area (Å²) >= 11 is 1.17. The summed E-state index contributed by atoms with van der Waals surface area (Å²) in [4.78, 5) is 11.2. The van der Waals surface area contributed by atoms with E-state index in [0.717, 1.165) is 18.5 Å². The van der Waals surface area contributed by atoms with Crippen molar-refractivity contribution in [3.63, 3.8) is 0 Å². The first-order valence-corrected chi connectivity index (χ1v) is 5.19. The Morgan fingerprint density at radius 2 is 2.08 bits per heavy atom. The zero-order valence-electron chi connectivity index (χ0n) is 6.88. The molecule has 0 aliphatic heterocycles. The molecule has 0 spiro atoms. The fraction of sp³-hybridized carbons (Fsp3) is 0.750. The Bertz CT molecular complexity index is 298. The van der Waals surface area contributed by atoms with Gasteiger partial charge in [0.2, 0.25) is 0 Å². The average molecular weight is 184 g/mol. The highest BCUT2D eigenvalue weighted by atomic mass is 32.1. The molecule has 0 aromatic carbocycles. The number of hydrogen-bond acceptors (Lipinski definition) is 3. The summed E-state index contributed by atoms with van der Waals surface area (Å²) in [5.41, 5.74) is 0.812. The number of hydrogen-bond donors (Lipinski definition) is 1. The van der Waals surface area contributed by atoms with Crippen molar-refractivity contribution in [2.75, 3.05) is 0 Å². The molecule has 1 aliphatic rings. The molecule has 1 heterocycles. The van der Waals surface area contributed by atoms with Gasteiger partial charge in [-0.1, -0.05) is 19.3 Å². The van der Waals surface area contributed by atoms with Crippen LogP contribution < -0.4 is 5.56 Å². The minimum absolute atomic E-state index is 0.0342. The fourth-order valence-electron chi connectivity index (χ4n) is 1.84. The van der Waals surface area contributed by atoms with E-state index in [1.165, 1.54) is 31.0 Å². The highest BCUT2D eigenvalue weighted by Crippen LogP contribution is 2.29. The fourth-order valence-corrected chi connectivity index (χ4v) is 2.41. The third-order valence-electron chi connectivity index (χ3n) is 2.51. The summed E-state index contributed by atoms with van der Waals surface area (Å²) in [7, 11) is 0. The van der Waals surface area contributed by atoms with Gasteiger partial charge in [-0.05, 0) is 12.8 Å². The molecule has 0 unspecified atom stereocenters. The third-order valence-corrected chi connectivity index (χ3v) is 3.07. The molecule has 4 heteroatoms. The molecule has 0 radical (unpaired) electrons. The summed E-state index contributed by atoms with van der Waals surface area (Å²) in [5, 5.41) is 0. The molecular formula is C8H12N2OS. The van der Waals surface area contributed by atoms with E-state index in [1.807, 2.05) is 0 Å². The van der Waals surface area contributed by atoms with Crippen LogP contribution in [0.2, 0.25) is 0 Å². The van der Waals surface area contributed by atoms with Crippen LogP contribution in [-0.4, -0.2) is 8.75 Å². The molecule has 1 aliphatic carbocycles. The molecule has 3 nitrogen and oxygen atoms in total. The van der Waals surface area contributed by atoms with Gasteiger partial charge in [0.05, 0.1) is 0 Å². The van der Waals surface area contributed by atoms with Crippen LogP contribution in [-0.2, 0) is 0 Å². The van der Waals surface area contributed by atoms with E-state index >= 15 is 0 Å². The Labute approximate surface area is 75.1 Å². The molecule has 2 rings (SSSR count). The molecule has 1 aromatic heterocycles. The Morgan fingerprint density at radius 3 is 2.67 bits per heavy atom. The van der Waals surface area contributed by atoms with E-state index < -0.39 is 0 Å². The molecular weight excluding hydrogens is 172 g/mol. The second kappa shape index (κ2) is 3.39. The van der Waals surface area contributed by atoms with Crippen LogP contribution >= 0.6 is 11.7 Å². The topological polar surface area (TPSA) is 45.8 Å². The normalized spacial score (nSPS) is 19.7. The van der Waals surface area contributed by atoms with E-state index in [4.69, 9.17) is 0 Å². The van der Waals surface area contributed by atoms with E-state index in [0.29, 0.717) is 5.92 Å². The van der Waals surface area contributed by atoms with Gasteiger partial charge in [-0.2, -0.15) is 4.37 Å². The summed E-state index contributed by atoms with van der Waals surface area (Å²) in [6, 6.07) is 0. The maximum Gasteiger partial charge on any atom is 0.281 e. The van der Waals surface area contributed by atoms with Crippen LogP contribution in [0.5, 0.6) is 0 Å². The first-order chi connectivity index (χ1) is 5.88. The third kappa shape index (κ3) is 1.43. The molecule has 66 valence electrons. The van der Waals surface area contributed by atoms with Crippen LogP contribution in [0.25, 0.3) is 0 Å². The van der Waals surface area contributed by atoms with Crippen molar-refractivity contribution in [1.29, 1.82) is 0 Å². The number of nitrogens with one attached hydrogen (secondary N) is 1. The smallest absolute Gasteiger partial charge is 0.267 e. The number of H-pyrrole nitrogens is 1. The Balaban J connectivity index is 2.18. The lowest BCUT2D eigenvalue weighted by Gasteiger charge is -2.18. The summed E-state index contributed by atoms with van der Waals surface area (Å²) < 4.78 is 6.75. The highest BCUT2D eigenvalue weighted by molar-refractivity contribution is 6.99. The number of aromatic nitrogens is 2. The molecule has 1 aromatic rings. The molecule has 0 amide bonds. The number of rotatable bonds is 1. The van der Waals surface area contributed by atoms with Gasteiger partial charge < -0.3 is 0 Å². The van der Waals surface area contributed by atoms with Crippen molar-refractivity contribution in [1.82, 2.24) is 8.75 Å². The molecule has 0 saturated heterocycles. The quantitative estimate of drug-likeness (QED) is 0.724. The predicted octanol–water partition coefficient (Wildman–Crippen LogP) is 1.88. The second-order valence-electron chi connectivity index (χ2n) is 3.33. The van der Waals surface area contributed by atoms with E-state index in [-0.39, 0.29) is 5.56 Å². The minimum atomic E-state index is 0.0342. The maximum atomic E-state index is 11.2. The minimum Gasteiger partial charge on any atom is -0.267 e. The molecule has 1 saturated carbocycles. The molecule has 1 N–H and O–H groups in total. The van der Waals surface area contributed by atoms with E-state index in [9.17, 15) is 4.79 Å². The van der Waals surface area contributed by atoms with E-state index in [1.54, 1.807) is 0 Å². The lowest BCUT2D eigenvalue weighted by Crippen LogP contribution is -2.14. The highest BCUT2D eigenvalue weighted by Gasteiger charge is 2.19. The standard InChI is InChI=1S/C8H12N2OS/c11-8-7(9-12-10-8)6-4-2-1-3-5-6/h6H,1-5H2,(H,10,11). The lowest BCUT2D eigenvalue weighted by molar-refractivity contribution is 0.436. The van der Waals surface area contributed by atoms with Crippen LogP contribution in [0.15, 0.2) is 4.79 Å². The average Bonchev–Trinajstić information content (AvgIpc) is 2.53. The molecule has 0 bridgehead atoms. The van der Waals surface area contributed by atoms with Crippen molar-refractivity contribution < 1.29 is 0 Å². The SMILES string of the molecule is O=c1[nH]snc1C1CCCCC1. The Kier molecular flexibility index (Phi) is 2.26. The first kappa shape index (κ1) is 7.98. The van der Waals surface area contributed by atoms with Crippen LogP contribution in [0.4, 0.5) is 0 Å². The van der Waals surface area contributed by atoms with Gasteiger partial charge in [-0.15, -0.1) is 0 Å². The number of nitrogens with zero attached hydrogens (tertiary/aromatic N) is 1. The largest absolute Gasteiger partial charge is 0.281 e. The Morgan fingerprint density at radius 1 is 1.33 bits per heavy atom. The molecule has 0 atom stereocenters. The molecule has 1 fully saturated rings.